The van der Waals surface area contributed by atoms with Gasteiger partial charge in [-0.25, -0.2) is 0 Å². The lowest BCUT2D eigenvalue weighted by molar-refractivity contribution is 0.253. The topological polar surface area (TPSA) is 21.3 Å². The van der Waals surface area contributed by atoms with Crippen molar-refractivity contribution in [3.63, 3.8) is 0 Å². The molecule has 1 heterocycles. The largest absolute Gasteiger partial charge is 0.493 e. The summed E-state index contributed by atoms with van der Waals surface area (Å²) in [6, 6.07) is 8.77. The monoisotopic (exact) mass is 217 g/mol. The van der Waals surface area contributed by atoms with E-state index in [0.29, 0.717) is 6.04 Å². The standard InChI is InChI=1S/C14H19NO/c1-2-3-6-10-15-13-9-11-16-14-8-5-4-7-12(13)14/h2-5,7-8,13,15H,6,9-11H2,1H3/b3-2+. The Balaban J connectivity index is 1.96. The van der Waals surface area contributed by atoms with E-state index in [1.54, 1.807) is 0 Å². The molecular weight excluding hydrogens is 198 g/mol. The van der Waals surface area contributed by atoms with Crippen molar-refractivity contribution >= 4 is 0 Å². The van der Waals surface area contributed by atoms with Crippen molar-refractivity contribution in [1.29, 1.82) is 0 Å². The Morgan fingerprint density at radius 1 is 1.44 bits per heavy atom. The maximum absolute atomic E-state index is 5.63. The minimum absolute atomic E-state index is 0.454. The van der Waals surface area contributed by atoms with Crippen LogP contribution in [-0.4, -0.2) is 13.2 Å². The van der Waals surface area contributed by atoms with Gasteiger partial charge in [0.15, 0.2) is 0 Å². The van der Waals surface area contributed by atoms with Gasteiger partial charge in [0, 0.05) is 18.0 Å². The number of hydrogen-bond donors (Lipinski definition) is 1. The summed E-state index contributed by atoms with van der Waals surface area (Å²) in [7, 11) is 0. The van der Waals surface area contributed by atoms with Gasteiger partial charge < -0.3 is 10.1 Å². The Bertz CT molecular complexity index is 360. The van der Waals surface area contributed by atoms with E-state index in [9.17, 15) is 0 Å². The fourth-order valence-corrected chi connectivity index (χ4v) is 2.06. The minimum Gasteiger partial charge on any atom is -0.493 e. The van der Waals surface area contributed by atoms with E-state index in [-0.39, 0.29) is 0 Å². The van der Waals surface area contributed by atoms with Gasteiger partial charge in [-0.1, -0.05) is 30.4 Å². The quantitative estimate of drug-likeness (QED) is 0.618. The lowest BCUT2D eigenvalue weighted by atomic mass is 10.0. The van der Waals surface area contributed by atoms with E-state index in [4.69, 9.17) is 4.74 Å². The highest BCUT2D eigenvalue weighted by Crippen LogP contribution is 2.31. The van der Waals surface area contributed by atoms with Crippen LogP contribution in [0.1, 0.15) is 31.4 Å². The summed E-state index contributed by atoms with van der Waals surface area (Å²) >= 11 is 0. The number of rotatable bonds is 4. The normalized spacial score (nSPS) is 19.4. The SMILES string of the molecule is C/C=C/CCNC1CCOc2ccccc21. The number of ether oxygens (including phenoxy) is 1. The first-order valence-corrected chi connectivity index (χ1v) is 5.98. The summed E-state index contributed by atoms with van der Waals surface area (Å²) in [5.41, 5.74) is 1.30. The average Bonchev–Trinajstić information content (AvgIpc) is 2.35. The van der Waals surface area contributed by atoms with Gasteiger partial charge >= 0.3 is 0 Å². The molecule has 86 valence electrons. The van der Waals surface area contributed by atoms with Gasteiger partial charge in [-0.2, -0.15) is 0 Å². The second-order valence-corrected chi connectivity index (χ2v) is 4.04. The predicted molar refractivity (Wildman–Crippen MR) is 66.7 cm³/mol. The van der Waals surface area contributed by atoms with Gasteiger partial charge in [0.05, 0.1) is 6.61 Å². The molecule has 1 N–H and O–H groups in total. The maximum Gasteiger partial charge on any atom is 0.124 e. The van der Waals surface area contributed by atoms with Gasteiger partial charge in [0.1, 0.15) is 5.75 Å². The Hall–Kier alpha value is -1.28. The van der Waals surface area contributed by atoms with E-state index in [0.717, 1.165) is 31.7 Å². The lowest BCUT2D eigenvalue weighted by Crippen LogP contribution is -2.27. The van der Waals surface area contributed by atoms with Crippen LogP contribution in [-0.2, 0) is 0 Å². The van der Waals surface area contributed by atoms with Gasteiger partial charge in [-0.15, -0.1) is 0 Å². The van der Waals surface area contributed by atoms with Crippen molar-refractivity contribution < 1.29 is 4.74 Å². The van der Waals surface area contributed by atoms with Gasteiger partial charge in [0.2, 0.25) is 0 Å². The van der Waals surface area contributed by atoms with Crippen LogP contribution in [0.2, 0.25) is 0 Å². The molecule has 1 atom stereocenters. The Morgan fingerprint density at radius 3 is 3.19 bits per heavy atom. The first-order valence-electron chi connectivity index (χ1n) is 5.98. The molecule has 0 aliphatic carbocycles. The Kier molecular flexibility index (Phi) is 4.00. The van der Waals surface area contributed by atoms with Crippen molar-refractivity contribution in [2.24, 2.45) is 0 Å². The summed E-state index contributed by atoms with van der Waals surface area (Å²) in [4.78, 5) is 0. The van der Waals surface area contributed by atoms with E-state index in [1.165, 1.54) is 5.56 Å². The molecule has 2 nitrogen and oxygen atoms in total. The summed E-state index contributed by atoms with van der Waals surface area (Å²) in [5, 5.41) is 3.58. The van der Waals surface area contributed by atoms with Crippen LogP contribution >= 0.6 is 0 Å². The second kappa shape index (κ2) is 5.71. The zero-order valence-corrected chi connectivity index (χ0v) is 9.78. The molecule has 2 rings (SSSR count). The van der Waals surface area contributed by atoms with Gasteiger partial charge in [-0.3, -0.25) is 0 Å². The van der Waals surface area contributed by atoms with E-state index >= 15 is 0 Å². The third kappa shape index (κ3) is 2.64. The molecular formula is C14H19NO. The molecule has 0 saturated heterocycles. The first kappa shape index (κ1) is 11.2. The molecule has 0 radical (unpaired) electrons. The van der Waals surface area contributed by atoms with E-state index in [2.05, 4.69) is 42.6 Å². The first-order chi connectivity index (χ1) is 7.92. The molecule has 0 saturated carbocycles. The summed E-state index contributed by atoms with van der Waals surface area (Å²) in [5.74, 6) is 1.04. The number of benzene rings is 1. The van der Waals surface area contributed by atoms with Crippen LogP contribution in [0.5, 0.6) is 5.75 Å². The highest BCUT2D eigenvalue weighted by Gasteiger charge is 2.19. The van der Waals surface area contributed by atoms with Crippen LogP contribution in [0.15, 0.2) is 36.4 Å². The highest BCUT2D eigenvalue weighted by atomic mass is 16.5. The smallest absolute Gasteiger partial charge is 0.124 e. The molecule has 0 aromatic heterocycles. The van der Waals surface area contributed by atoms with Crippen LogP contribution < -0.4 is 10.1 Å². The zero-order chi connectivity index (χ0) is 11.2. The molecule has 16 heavy (non-hydrogen) atoms. The van der Waals surface area contributed by atoms with Crippen molar-refractivity contribution in [3.05, 3.63) is 42.0 Å². The summed E-state index contributed by atoms with van der Waals surface area (Å²) < 4.78 is 5.63. The van der Waals surface area contributed by atoms with Crippen LogP contribution in [0.25, 0.3) is 0 Å². The van der Waals surface area contributed by atoms with Gasteiger partial charge in [-0.05, 0) is 26.0 Å². The van der Waals surface area contributed by atoms with Gasteiger partial charge in [0.25, 0.3) is 0 Å². The summed E-state index contributed by atoms with van der Waals surface area (Å²) in [6.45, 7) is 3.91. The third-order valence-corrected chi connectivity index (χ3v) is 2.90. The number of allylic oxidation sites excluding steroid dienone is 1. The molecule has 1 aromatic rings. The molecule has 0 spiro atoms. The third-order valence-electron chi connectivity index (χ3n) is 2.90. The maximum atomic E-state index is 5.63. The van der Waals surface area contributed by atoms with Crippen molar-refractivity contribution in [3.8, 4) is 5.75 Å². The molecule has 0 bridgehead atoms. The number of nitrogens with one attached hydrogen (secondary N) is 1. The fourth-order valence-electron chi connectivity index (χ4n) is 2.06. The highest BCUT2D eigenvalue weighted by molar-refractivity contribution is 5.37. The number of hydrogen-bond acceptors (Lipinski definition) is 2. The van der Waals surface area contributed by atoms with Crippen molar-refractivity contribution in [2.75, 3.05) is 13.2 Å². The number of para-hydroxylation sites is 1. The molecule has 0 fully saturated rings. The second-order valence-electron chi connectivity index (χ2n) is 4.04. The molecule has 1 aromatic carbocycles. The van der Waals surface area contributed by atoms with E-state index in [1.807, 2.05) is 6.07 Å². The number of fused-ring (bicyclic) bond motifs is 1. The van der Waals surface area contributed by atoms with Crippen LogP contribution in [0, 0.1) is 0 Å². The molecule has 1 aliphatic heterocycles. The molecule has 2 heteroatoms. The average molecular weight is 217 g/mol. The van der Waals surface area contributed by atoms with E-state index < -0.39 is 0 Å². The Morgan fingerprint density at radius 2 is 2.31 bits per heavy atom. The van der Waals surface area contributed by atoms with Crippen LogP contribution in [0.4, 0.5) is 0 Å². The van der Waals surface area contributed by atoms with Crippen molar-refractivity contribution in [1.82, 2.24) is 5.32 Å². The predicted octanol–water partition coefficient (Wildman–Crippen LogP) is 3.07. The summed E-state index contributed by atoms with van der Waals surface area (Å²) in [6.07, 6.45) is 6.45. The molecule has 1 aliphatic rings. The fraction of sp³-hybridized carbons (Fsp3) is 0.429. The molecule has 0 amide bonds. The lowest BCUT2D eigenvalue weighted by Gasteiger charge is -2.26. The van der Waals surface area contributed by atoms with Crippen LogP contribution in [0.3, 0.4) is 0 Å². The molecule has 1 unspecified atom stereocenters. The Labute approximate surface area is 97.3 Å². The minimum atomic E-state index is 0.454. The zero-order valence-electron chi connectivity index (χ0n) is 9.78. The van der Waals surface area contributed by atoms with Crippen molar-refractivity contribution in [2.45, 2.75) is 25.8 Å².